The Kier molecular flexibility index (Phi) is 7.12. The van der Waals surface area contributed by atoms with Gasteiger partial charge in [-0.15, -0.1) is 10.2 Å². The van der Waals surface area contributed by atoms with Gasteiger partial charge < -0.3 is 4.57 Å². The summed E-state index contributed by atoms with van der Waals surface area (Å²) in [6, 6.07) is 16.9. The molecule has 0 saturated carbocycles. The zero-order chi connectivity index (χ0) is 23.4. The molecule has 4 aromatic rings. The second-order valence-corrected chi connectivity index (χ2v) is 8.73. The smallest absolute Gasteiger partial charge is 0.250 e. The van der Waals surface area contributed by atoms with Gasteiger partial charge in [-0.05, 0) is 31.2 Å². The number of hydrogen-bond donors (Lipinski definition) is 1. The summed E-state index contributed by atoms with van der Waals surface area (Å²) in [6.07, 6.45) is 1.49. The van der Waals surface area contributed by atoms with E-state index in [1.54, 1.807) is 10.7 Å². The van der Waals surface area contributed by atoms with E-state index in [1.807, 2.05) is 67.1 Å². The summed E-state index contributed by atoms with van der Waals surface area (Å²) in [7, 11) is 1.84. The molecular weight excluding hydrogens is 481 g/mol. The molecule has 0 saturated heterocycles. The summed E-state index contributed by atoms with van der Waals surface area (Å²) >= 11 is 13.8. The van der Waals surface area contributed by atoms with E-state index >= 15 is 0 Å². The molecule has 4 rings (SSSR count). The number of carbonyl (C=O) groups excluding carboxylic acids is 1. The third-order valence-electron chi connectivity index (χ3n) is 4.68. The van der Waals surface area contributed by atoms with Gasteiger partial charge in [-0.25, -0.2) is 10.1 Å². The zero-order valence-corrected chi connectivity index (χ0v) is 20.1. The Morgan fingerprint density at radius 2 is 1.94 bits per heavy atom. The summed E-state index contributed by atoms with van der Waals surface area (Å²) in [5, 5.41) is 18.5. The van der Waals surface area contributed by atoms with E-state index in [9.17, 15) is 4.79 Å². The standard InChI is InChI=1S/C22H19Cl2N7OS/c1-14-18(20(24)31(29-14)17-9-4-3-5-10-17)12-25-26-19(32)13-33-22-28-27-21(30(22)2)15-7-6-8-16(23)11-15/h3-12H,13H2,1-2H3,(H,26,32)/b25-12+. The van der Waals surface area contributed by atoms with Crippen LogP contribution in [-0.2, 0) is 11.8 Å². The number of rotatable bonds is 7. The van der Waals surface area contributed by atoms with Crippen LogP contribution in [0.3, 0.4) is 0 Å². The molecule has 0 unspecified atom stereocenters. The van der Waals surface area contributed by atoms with Gasteiger partial charge in [0.15, 0.2) is 11.0 Å². The molecule has 8 nitrogen and oxygen atoms in total. The van der Waals surface area contributed by atoms with Gasteiger partial charge in [0.25, 0.3) is 5.91 Å². The van der Waals surface area contributed by atoms with E-state index in [1.165, 1.54) is 18.0 Å². The number of hydrazone groups is 1. The number of para-hydroxylation sites is 1. The fraction of sp³-hybridized carbons (Fsp3) is 0.136. The summed E-state index contributed by atoms with van der Waals surface area (Å²) in [6.45, 7) is 1.83. The van der Waals surface area contributed by atoms with E-state index in [2.05, 4.69) is 25.8 Å². The van der Waals surface area contributed by atoms with Gasteiger partial charge in [0.1, 0.15) is 5.15 Å². The molecule has 0 fully saturated rings. The third-order valence-corrected chi connectivity index (χ3v) is 6.30. The molecule has 0 radical (unpaired) electrons. The van der Waals surface area contributed by atoms with Crippen molar-refractivity contribution in [1.29, 1.82) is 0 Å². The number of nitrogens with zero attached hydrogens (tertiary/aromatic N) is 6. The quantitative estimate of drug-likeness (QED) is 0.229. The highest BCUT2D eigenvalue weighted by atomic mass is 35.5. The lowest BCUT2D eigenvalue weighted by Gasteiger charge is -2.04. The van der Waals surface area contributed by atoms with Crippen molar-refractivity contribution in [1.82, 2.24) is 30.0 Å². The molecule has 11 heteroatoms. The van der Waals surface area contributed by atoms with Gasteiger partial charge in [-0.2, -0.15) is 10.2 Å². The van der Waals surface area contributed by atoms with Crippen LogP contribution in [0.2, 0.25) is 10.2 Å². The van der Waals surface area contributed by atoms with Crippen LogP contribution in [0.25, 0.3) is 17.1 Å². The average Bonchev–Trinajstić information content (AvgIpc) is 3.32. The molecule has 0 aliphatic rings. The predicted octanol–water partition coefficient (Wildman–Crippen LogP) is 4.53. The lowest BCUT2D eigenvalue weighted by atomic mass is 10.2. The molecule has 1 N–H and O–H groups in total. The molecule has 2 aromatic carbocycles. The van der Waals surface area contributed by atoms with Crippen LogP contribution in [0.5, 0.6) is 0 Å². The molecule has 1 amide bonds. The lowest BCUT2D eigenvalue weighted by molar-refractivity contribution is -0.118. The SMILES string of the molecule is Cc1nn(-c2ccccc2)c(Cl)c1/C=N/NC(=O)CSc1nnc(-c2cccc(Cl)c2)n1C. The average molecular weight is 500 g/mol. The molecule has 2 aromatic heterocycles. The van der Waals surface area contributed by atoms with E-state index in [0.717, 1.165) is 11.3 Å². The molecule has 33 heavy (non-hydrogen) atoms. The van der Waals surface area contributed by atoms with Crippen molar-refractivity contribution in [2.24, 2.45) is 12.1 Å². The molecule has 0 spiro atoms. The summed E-state index contributed by atoms with van der Waals surface area (Å²) in [5.41, 5.74) is 5.53. The van der Waals surface area contributed by atoms with Crippen molar-refractivity contribution in [2.75, 3.05) is 5.75 Å². The predicted molar refractivity (Wildman–Crippen MR) is 131 cm³/mol. The van der Waals surface area contributed by atoms with E-state index in [-0.39, 0.29) is 11.7 Å². The number of carbonyl (C=O) groups is 1. The van der Waals surface area contributed by atoms with Crippen LogP contribution in [0, 0.1) is 6.92 Å². The highest BCUT2D eigenvalue weighted by molar-refractivity contribution is 7.99. The second-order valence-electron chi connectivity index (χ2n) is 6.99. The fourth-order valence-electron chi connectivity index (χ4n) is 3.05. The molecule has 0 aliphatic carbocycles. The molecule has 0 bridgehead atoms. The van der Waals surface area contributed by atoms with Crippen molar-refractivity contribution in [3.8, 4) is 17.1 Å². The third kappa shape index (κ3) is 5.27. The number of nitrogens with one attached hydrogen (secondary N) is 1. The van der Waals surface area contributed by atoms with E-state index < -0.39 is 0 Å². The van der Waals surface area contributed by atoms with E-state index in [0.29, 0.717) is 32.4 Å². The van der Waals surface area contributed by atoms with Crippen LogP contribution >= 0.6 is 35.0 Å². The number of halogens is 2. The first kappa shape index (κ1) is 23.0. The topological polar surface area (TPSA) is 90.0 Å². The van der Waals surface area contributed by atoms with Crippen molar-refractivity contribution >= 4 is 47.1 Å². The largest absolute Gasteiger partial charge is 0.305 e. The number of benzene rings is 2. The van der Waals surface area contributed by atoms with E-state index in [4.69, 9.17) is 23.2 Å². The first-order valence-corrected chi connectivity index (χ1v) is 11.6. The Bertz CT molecular complexity index is 1320. The molecule has 2 heterocycles. The number of thioether (sulfide) groups is 1. The van der Waals surface area contributed by atoms with Gasteiger partial charge in [-0.3, -0.25) is 4.79 Å². The minimum absolute atomic E-state index is 0.120. The Morgan fingerprint density at radius 3 is 2.70 bits per heavy atom. The lowest BCUT2D eigenvalue weighted by Crippen LogP contribution is -2.20. The van der Waals surface area contributed by atoms with Gasteiger partial charge in [0, 0.05) is 17.6 Å². The first-order chi connectivity index (χ1) is 15.9. The van der Waals surface area contributed by atoms with Crippen LogP contribution in [0.15, 0.2) is 64.9 Å². The molecular formula is C22H19Cl2N7OS. The highest BCUT2D eigenvalue weighted by Gasteiger charge is 2.14. The summed E-state index contributed by atoms with van der Waals surface area (Å²) in [4.78, 5) is 12.3. The summed E-state index contributed by atoms with van der Waals surface area (Å²) < 4.78 is 3.44. The van der Waals surface area contributed by atoms with Crippen LogP contribution in [0.1, 0.15) is 11.3 Å². The van der Waals surface area contributed by atoms with Crippen LogP contribution in [0.4, 0.5) is 0 Å². The monoisotopic (exact) mass is 499 g/mol. The highest BCUT2D eigenvalue weighted by Crippen LogP contribution is 2.25. The molecule has 168 valence electrons. The van der Waals surface area contributed by atoms with Gasteiger partial charge in [0.05, 0.1) is 28.9 Å². The van der Waals surface area contributed by atoms with Crippen molar-refractivity contribution < 1.29 is 4.79 Å². The Morgan fingerprint density at radius 1 is 1.15 bits per heavy atom. The van der Waals surface area contributed by atoms with Crippen molar-refractivity contribution in [3.05, 3.63) is 76.0 Å². The van der Waals surface area contributed by atoms with Crippen LogP contribution < -0.4 is 5.43 Å². The fourth-order valence-corrected chi connectivity index (χ4v) is 4.26. The Labute approximate surface area is 204 Å². The minimum atomic E-state index is -0.284. The zero-order valence-electron chi connectivity index (χ0n) is 17.7. The van der Waals surface area contributed by atoms with Crippen LogP contribution in [-0.4, -0.2) is 42.4 Å². The van der Waals surface area contributed by atoms with Crippen molar-refractivity contribution in [3.63, 3.8) is 0 Å². The summed E-state index contributed by atoms with van der Waals surface area (Å²) in [5.74, 6) is 0.501. The van der Waals surface area contributed by atoms with Gasteiger partial charge in [0.2, 0.25) is 0 Å². The maximum Gasteiger partial charge on any atom is 0.250 e. The number of aromatic nitrogens is 5. The number of amides is 1. The molecule has 0 aliphatic heterocycles. The number of aryl methyl sites for hydroxylation is 1. The Hall–Kier alpha value is -3.14. The number of hydrogen-bond acceptors (Lipinski definition) is 6. The van der Waals surface area contributed by atoms with Gasteiger partial charge in [-0.1, -0.05) is 65.3 Å². The normalized spacial score (nSPS) is 11.3. The minimum Gasteiger partial charge on any atom is -0.305 e. The molecule has 0 atom stereocenters. The first-order valence-electron chi connectivity index (χ1n) is 9.84. The second kappa shape index (κ2) is 10.2. The van der Waals surface area contributed by atoms with Gasteiger partial charge >= 0.3 is 0 Å². The maximum absolute atomic E-state index is 12.3. The maximum atomic E-state index is 12.3. The Balaban J connectivity index is 1.37. The van der Waals surface area contributed by atoms with Crippen molar-refractivity contribution in [2.45, 2.75) is 12.1 Å².